The zero-order chi connectivity index (χ0) is 14.8. The number of hydrogen-bond donors (Lipinski definition) is 1. The molecular weight excluding hydrogens is 264 g/mol. The molecule has 1 fully saturated rings. The quantitative estimate of drug-likeness (QED) is 0.903. The molecule has 114 valence electrons. The van der Waals surface area contributed by atoms with Crippen molar-refractivity contribution >= 4 is 11.3 Å². The van der Waals surface area contributed by atoms with Crippen molar-refractivity contribution in [3.63, 3.8) is 0 Å². The Morgan fingerprint density at radius 2 is 2.20 bits per heavy atom. The van der Waals surface area contributed by atoms with Crippen LogP contribution in [-0.4, -0.2) is 30.1 Å². The molecule has 0 aromatic carbocycles. The lowest BCUT2D eigenvalue weighted by atomic mass is 9.82. The van der Waals surface area contributed by atoms with Crippen LogP contribution in [0, 0.1) is 11.3 Å². The average Bonchev–Trinajstić information content (AvgIpc) is 2.89. The molecule has 3 heteroatoms. The lowest BCUT2D eigenvalue weighted by Gasteiger charge is -2.47. The fourth-order valence-corrected chi connectivity index (χ4v) is 3.86. The number of rotatable bonds is 4. The Hall–Kier alpha value is -0.380. The van der Waals surface area contributed by atoms with Crippen molar-refractivity contribution < 1.29 is 0 Å². The molecule has 1 aliphatic rings. The van der Waals surface area contributed by atoms with Gasteiger partial charge >= 0.3 is 0 Å². The second-order valence-electron chi connectivity index (χ2n) is 7.29. The van der Waals surface area contributed by atoms with Crippen LogP contribution >= 0.6 is 11.3 Å². The SMILES string of the molecule is CCC(C)C1CN(Cc2cccs2)C(C(C)(C)C)CN1. The summed E-state index contributed by atoms with van der Waals surface area (Å²) in [6.45, 7) is 15.2. The highest BCUT2D eigenvalue weighted by atomic mass is 32.1. The van der Waals surface area contributed by atoms with Crippen LogP contribution in [0.5, 0.6) is 0 Å². The van der Waals surface area contributed by atoms with Gasteiger partial charge in [0.05, 0.1) is 0 Å². The Balaban J connectivity index is 2.10. The maximum atomic E-state index is 3.80. The molecule has 1 aromatic heterocycles. The van der Waals surface area contributed by atoms with Gasteiger partial charge in [-0.25, -0.2) is 0 Å². The summed E-state index contributed by atoms with van der Waals surface area (Å²) in [5.74, 6) is 0.752. The van der Waals surface area contributed by atoms with E-state index in [-0.39, 0.29) is 0 Å². The Kier molecular flexibility index (Phi) is 5.27. The lowest BCUT2D eigenvalue weighted by molar-refractivity contribution is 0.0386. The maximum absolute atomic E-state index is 3.80. The van der Waals surface area contributed by atoms with Crippen molar-refractivity contribution in [1.29, 1.82) is 0 Å². The summed E-state index contributed by atoms with van der Waals surface area (Å²) >= 11 is 1.88. The lowest BCUT2D eigenvalue weighted by Crippen LogP contribution is -2.61. The summed E-state index contributed by atoms with van der Waals surface area (Å²) in [6.07, 6.45) is 1.25. The molecule has 0 saturated carbocycles. The Morgan fingerprint density at radius 1 is 1.45 bits per heavy atom. The standard InChI is InChI=1S/C17H30N2S/c1-6-13(2)15-12-19(11-14-8-7-9-20-14)16(10-18-15)17(3,4)5/h7-9,13,15-16,18H,6,10-12H2,1-5H3. The van der Waals surface area contributed by atoms with E-state index in [0.29, 0.717) is 17.5 Å². The average molecular weight is 295 g/mol. The van der Waals surface area contributed by atoms with Gasteiger partial charge in [0, 0.05) is 36.6 Å². The van der Waals surface area contributed by atoms with E-state index in [0.717, 1.165) is 19.0 Å². The van der Waals surface area contributed by atoms with Gasteiger partial charge in [0.2, 0.25) is 0 Å². The van der Waals surface area contributed by atoms with Crippen molar-refractivity contribution in [2.45, 2.75) is 59.7 Å². The van der Waals surface area contributed by atoms with Crippen LogP contribution in [0.25, 0.3) is 0 Å². The third-order valence-corrected chi connectivity index (χ3v) is 5.58. The van der Waals surface area contributed by atoms with Gasteiger partial charge in [0.25, 0.3) is 0 Å². The van der Waals surface area contributed by atoms with Crippen LogP contribution in [0.15, 0.2) is 17.5 Å². The molecule has 1 aliphatic heterocycles. The van der Waals surface area contributed by atoms with E-state index < -0.39 is 0 Å². The minimum absolute atomic E-state index is 0.324. The van der Waals surface area contributed by atoms with Gasteiger partial charge in [-0.3, -0.25) is 4.90 Å². The molecule has 3 unspecified atom stereocenters. The minimum Gasteiger partial charge on any atom is -0.311 e. The summed E-state index contributed by atoms with van der Waals surface area (Å²) in [4.78, 5) is 4.20. The first kappa shape index (κ1) is 16.0. The fourth-order valence-electron chi connectivity index (χ4n) is 3.13. The highest BCUT2D eigenvalue weighted by Crippen LogP contribution is 2.29. The predicted octanol–water partition coefficient (Wildman–Crippen LogP) is 3.98. The van der Waals surface area contributed by atoms with Crippen molar-refractivity contribution in [3.05, 3.63) is 22.4 Å². The molecule has 2 heterocycles. The molecule has 2 nitrogen and oxygen atoms in total. The number of nitrogens with one attached hydrogen (secondary N) is 1. The predicted molar refractivity (Wildman–Crippen MR) is 89.2 cm³/mol. The second kappa shape index (κ2) is 6.59. The van der Waals surface area contributed by atoms with Gasteiger partial charge in [-0.2, -0.15) is 0 Å². The third-order valence-electron chi connectivity index (χ3n) is 4.71. The molecule has 1 aromatic rings. The van der Waals surface area contributed by atoms with Crippen molar-refractivity contribution in [2.24, 2.45) is 11.3 Å². The molecule has 0 aliphatic carbocycles. The minimum atomic E-state index is 0.324. The first-order valence-electron chi connectivity index (χ1n) is 7.91. The summed E-state index contributed by atoms with van der Waals surface area (Å²) in [7, 11) is 0. The van der Waals surface area contributed by atoms with Crippen LogP contribution in [0.2, 0.25) is 0 Å². The molecule has 0 radical (unpaired) electrons. The number of nitrogens with zero attached hydrogens (tertiary/aromatic N) is 1. The smallest absolute Gasteiger partial charge is 0.0332 e. The van der Waals surface area contributed by atoms with Crippen molar-refractivity contribution in [3.8, 4) is 0 Å². The molecule has 1 N–H and O–H groups in total. The summed E-state index contributed by atoms with van der Waals surface area (Å²) in [5.41, 5.74) is 0.324. The Bertz CT molecular complexity index is 394. The van der Waals surface area contributed by atoms with E-state index in [4.69, 9.17) is 0 Å². The van der Waals surface area contributed by atoms with E-state index in [1.807, 2.05) is 11.3 Å². The molecule has 2 rings (SSSR count). The normalized spacial score (nSPS) is 26.6. The monoisotopic (exact) mass is 294 g/mol. The molecule has 1 saturated heterocycles. The van der Waals surface area contributed by atoms with Crippen LogP contribution in [0.4, 0.5) is 0 Å². The zero-order valence-electron chi connectivity index (χ0n) is 13.6. The second-order valence-corrected chi connectivity index (χ2v) is 8.32. The Labute approximate surface area is 128 Å². The first-order valence-corrected chi connectivity index (χ1v) is 8.79. The first-order chi connectivity index (χ1) is 9.41. The zero-order valence-corrected chi connectivity index (χ0v) is 14.5. The van der Waals surface area contributed by atoms with E-state index in [9.17, 15) is 0 Å². The van der Waals surface area contributed by atoms with Crippen LogP contribution < -0.4 is 5.32 Å². The van der Waals surface area contributed by atoms with E-state index in [2.05, 4.69) is 62.3 Å². The summed E-state index contributed by atoms with van der Waals surface area (Å²) in [6, 6.07) is 5.69. The molecule has 20 heavy (non-hydrogen) atoms. The Morgan fingerprint density at radius 3 is 2.75 bits per heavy atom. The van der Waals surface area contributed by atoms with Gasteiger partial charge in [0.1, 0.15) is 0 Å². The van der Waals surface area contributed by atoms with E-state index in [1.54, 1.807) is 0 Å². The van der Waals surface area contributed by atoms with Crippen molar-refractivity contribution in [1.82, 2.24) is 10.2 Å². The van der Waals surface area contributed by atoms with Crippen LogP contribution in [0.3, 0.4) is 0 Å². The van der Waals surface area contributed by atoms with Crippen LogP contribution in [-0.2, 0) is 6.54 Å². The number of hydrogen-bond acceptors (Lipinski definition) is 3. The summed E-state index contributed by atoms with van der Waals surface area (Å²) in [5, 5.41) is 5.99. The topological polar surface area (TPSA) is 15.3 Å². The van der Waals surface area contributed by atoms with Crippen LogP contribution in [0.1, 0.15) is 45.9 Å². The van der Waals surface area contributed by atoms with Gasteiger partial charge in [-0.05, 0) is 22.8 Å². The van der Waals surface area contributed by atoms with Gasteiger partial charge in [0.15, 0.2) is 0 Å². The van der Waals surface area contributed by atoms with Gasteiger partial charge < -0.3 is 5.32 Å². The van der Waals surface area contributed by atoms with E-state index in [1.165, 1.54) is 17.8 Å². The molecule has 0 spiro atoms. The van der Waals surface area contributed by atoms with E-state index >= 15 is 0 Å². The fraction of sp³-hybridized carbons (Fsp3) is 0.765. The van der Waals surface area contributed by atoms with Gasteiger partial charge in [-0.15, -0.1) is 11.3 Å². The highest BCUT2D eigenvalue weighted by Gasteiger charge is 2.36. The number of piperazine rings is 1. The molecule has 3 atom stereocenters. The third kappa shape index (κ3) is 3.84. The largest absolute Gasteiger partial charge is 0.311 e. The highest BCUT2D eigenvalue weighted by molar-refractivity contribution is 7.09. The van der Waals surface area contributed by atoms with Crippen molar-refractivity contribution in [2.75, 3.05) is 13.1 Å². The maximum Gasteiger partial charge on any atom is 0.0332 e. The summed E-state index contributed by atoms with van der Waals surface area (Å²) < 4.78 is 0. The number of thiophene rings is 1. The molecule has 0 bridgehead atoms. The molecule has 0 amide bonds. The van der Waals surface area contributed by atoms with Gasteiger partial charge in [-0.1, -0.05) is 47.1 Å². The molecular formula is C17H30N2S.